The van der Waals surface area contributed by atoms with Crippen LogP contribution in [0.2, 0.25) is 0 Å². The number of aliphatic imine (C=N–C) groups is 1. The van der Waals surface area contributed by atoms with Crippen molar-refractivity contribution in [3.05, 3.63) is 66.2 Å². The van der Waals surface area contributed by atoms with E-state index >= 15 is 0 Å². The van der Waals surface area contributed by atoms with Gasteiger partial charge in [-0.05, 0) is 17.7 Å². The molecule has 1 aliphatic rings. The fourth-order valence-electron chi connectivity index (χ4n) is 2.81. The first kappa shape index (κ1) is 16.0. The van der Waals surface area contributed by atoms with Crippen molar-refractivity contribution >= 4 is 17.9 Å². The Morgan fingerprint density at radius 3 is 2.35 bits per heavy atom. The van der Waals surface area contributed by atoms with E-state index in [1.807, 2.05) is 60.7 Å². The summed E-state index contributed by atoms with van der Waals surface area (Å²) in [5.41, 5.74) is 1.69. The summed E-state index contributed by atoms with van der Waals surface area (Å²) in [5.74, 6) is 0.332. The average molecular weight is 348 g/mol. The predicted molar refractivity (Wildman–Crippen MR) is 95.5 cm³/mol. The molecule has 2 aromatic carbocycles. The van der Waals surface area contributed by atoms with E-state index in [-0.39, 0.29) is 6.01 Å². The molecule has 0 bridgehead atoms. The molecule has 0 unspecified atom stereocenters. The summed E-state index contributed by atoms with van der Waals surface area (Å²) in [6.45, 7) is 1.65. The molecule has 0 saturated heterocycles. The molecule has 1 aromatic heterocycles. The Labute approximate surface area is 149 Å². The third kappa shape index (κ3) is 3.19. The zero-order valence-electron chi connectivity index (χ0n) is 14.0. The summed E-state index contributed by atoms with van der Waals surface area (Å²) in [6.07, 6.45) is 0. The lowest BCUT2D eigenvalue weighted by atomic mass is 10.00. The minimum Gasteiger partial charge on any atom is -0.411 e. The summed E-state index contributed by atoms with van der Waals surface area (Å²) in [7, 11) is 0. The van der Waals surface area contributed by atoms with Crippen molar-refractivity contribution in [2.24, 2.45) is 4.99 Å². The van der Waals surface area contributed by atoms with Gasteiger partial charge in [0.2, 0.25) is 5.89 Å². The first-order chi connectivity index (χ1) is 12.7. The maximum absolute atomic E-state index is 12.2. The summed E-state index contributed by atoms with van der Waals surface area (Å²) < 4.78 is 10.8. The van der Waals surface area contributed by atoms with Crippen LogP contribution in [0.4, 0.5) is 6.01 Å². The Morgan fingerprint density at radius 2 is 1.69 bits per heavy atom. The van der Waals surface area contributed by atoms with Gasteiger partial charge in [0, 0.05) is 12.5 Å². The van der Waals surface area contributed by atoms with Gasteiger partial charge in [0.1, 0.15) is 0 Å². The number of nitrogens with one attached hydrogen (secondary N) is 1. The number of hydrogen-bond acceptors (Lipinski definition) is 7. The van der Waals surface area contributed by atoms with Crippen LogP contribution in [0.1, 0.15) is 18.5 Å². The second kappa shape index (κ2) is 6.79. The van der Waals surface area contributed by atoms with Crippen LogP contribution >= 0.6 is 0 Å². The third-order valence-electron chi connectivity index (χ3n) is 4.01. The van der Waals surface area contributed by atoms with Crippen LogP contribution in [0.25, 0.3) is 11.5 Å². The van der Waals surface area contributed by atoms with Gasteiger partial charge in [-0.1, -0.05) is 53.6 Å². The average Bonchev–Trinajstić information content (AvgIpc) is 3.27. The van der Waals surface area contributed by atoms with Gasteiger partial charge in [0.05, 0.1) is 6.04 Å². The Balaban J connectivity index is 1.64. The molecule has 1 N–H and O–H groups in total. The predicted octanol–water partition coefficient (Wildman–Crippen LogP) is 3.23. The lowest BCUT2D eigenvalue weighted by Crippen LogP contribution is -2.29. The van der Waals surface area contributed by atoms with Crippen molar-refractivity contribution in [2.75, 3.05) is 5.32 Å². The summed E-state index contributed by atoms with van der Waals surface area (Å²) in [6, 6.07) is 18.0. The lowest BCUT2D eigenvalue weighted by molar-refractivity contribution is -0.135. The Morgan fingerprint density at radius 1 is 1.00 bits per heavy atom. The van der Waals surface area contributed by atoms with Crippen LogP contribution in [0, 0.1) is 0 Å². The molecule has 2 heterocycles. The van der Waals surface area contributed by atoms with Gasteiger partial charge < -0.3 is 14.5 Å². The van der Waals surface area contributed by atoms with Gasteiger partial charge in [-0.3, -0.25) is 0 Å². The molecule has 4 rings (SSSR count). The second-order valence-electron chi connectivity index (χ2n) is 5.83. The number of aromatic nitrogens is 2. The number of carbonyl (C=O) groups excluding carboxylic acids is 1. The number of esters is 1. The zero-order valence-corrected chi connectivity index (χ0v) is 14.0. The summed E-state index contributed by atoms with van der Waals surface area (Å²) in [4.78, 5) is 16.5. The number of benzene rings is 2. The topological polar surface area (TPSA) is 89.6 Å². The van der Waals surface area contributed by atoms with Gasteiger partial charge in [0.15, 0.2) is 11.9 Å². The van der Waals surface area contributed by atoms with Crippen LogP contribution in [-0.4, -0.2) is 28.1 Å². The fraction of sp³-hybridized carbons (Fsp3) is 0.158. The summed E-state index contributed by atoms with van der Waals surface area (Å²) in [5, 5.41) is 11.2. The van der Waals surface area contributed by atoms with Crippen molar-refractivity contribution in [3.63, 3.8) is 0 Å². The van der Waals surface area contributed by atoms with Gasteiger partial charge >= 0.3 is 12.0 Å². The van der Waals surface area contributed by atoms with E-state index in [1.54, 1.807) is 6.92 Å². The highest BCUT2D eigenvalue weighted by atomic mass is 16.6. The number of carbonyl (C=O) groups is 1. The first-order valence-electron chi connectivity index (χ1n) is 8.17. The maximum Gasteiger partial charge on any atom is 0.339 e. The Kier molecular flexibility index (Phi) is 4.18. The van der Waals surface area contributed by atoms with E-state index in [9.17, 15) is 4.79 Å². The number of anilines is 1. The van der Waals surface area contributed by atoms with Crippen LogP contribution in [0.5, 0.6) is 0 Å². The van der Waals surface area contributed by atoms with Crippen LogP contribution < -0.4 is 5.32 Å². The van der Waals surface area contributed by atoms with E-state index in [0.29, 0.717) is 11.8 Å². The molecular weight excluding hydrogens is 332 g/mol. The molecule has 0 radical (unpaired) electrons. The number of ether oxygens (including phenoxy) is 1. The van der Waals surface area contributed by atoms with Crippen molar-refractivity contribution in [1.82, 2.24) is 10.2 Å². The van der Waals surface area contributed by atoms with Crippen molar-refractivity contribution < 1.29 is 13.9 Å². The Hall–Kier alpha value is -3.48. The van der Waals surface area contributed by atoms with Crippen molar-refractivity contribution in [2.45, 2.75) is 19.0 Å². The monoisotopic (exact) mass is 348 g/mol. The quantitative estimate of drug-likeness (QED) is 0.712. The smallest absolute Gasteiger partial charge is 0.339 e. The third-order valence-corrected chi connectivity index (χ3v) is 4.01. The highest BCUT2D eigenvalue weighted by Crippen LogP contribution is 2.29. The minimum atomic E-state index is -0.718. The highest BCUT2D eigenvalue weighted by Gasteiger charge is 2.36. The molecule has 2 atom stereocenters. The zero-order chi connectivity index (χ0) is 17.9. The van der Waals surface area contributed by atoms with Gasteiger partial charge in [0.25, 0.3) is 0 Å². The maximum atomic E-state index is 12.2. The number of cyclic esters (lactones) is 1. The molecular formula is C19H16N4O3. The van der Waals surface area contributed by atoms with E-state index in [0.717, 1.165) is 11.1 Å². The molecule has 0 amide bonds. The van der Waals surface area contributed by atoms with Crippen LogP contribution in [-0.2, 0) is 9.53 Å². The molecule has 0 saturated carbocycles. The van der Waals surface area contributed by atoms with E-state index in [1.165, 1.54) is 0 Å². The van der Waals surface area contributed by atoms with Crippen molar-refractivity contribution in [1.29, 1.82) is 0 Å². The molecule has 7 nitrogen and oxygen atoms in total. The highest BCUT2D eigenvalue weighted by molar-refractivity contribution is 5.96. The number of nitrogens with zero attached hydrogens (tertiary/aromatic N) is 3. The second-order valence-corrected chi connectivity index (χ2v) is 5.83. The van der Waals surface area contributed by atoms with Crippen LogP contribution in [0.15, 0.2) is 70.1 Å². The molecule has 0 aliphatic carbocycles. The molecule has 3 aromatic rings. The van der Waals surface area contributed by atoms with E-state index in [4.69, 9.17) is 9.15 Å². The molecule has 0 fully saturated rings. The molecule has 0 spiro atoms. The van der Waals surface area contributed by atoms with Crippen LogP contribution in [0.3, 0.4) is 0 Å². The lowest BCUT2D eigenvalue weighted by Gasteiger charge is -2.19. The molecule has 7 heteroatoms. The standard InChI is InChI=1S/C19H16N4O3/c1-12-20-16(18(24)25-12)15(13-8-4-2-5-9-13)21-19-23-22-17(26-19)14-10-6-3-7-11-14/h2-11,15-16H,1H3,(H,21,23)/t15-,16+/m1/s1. The minimum absolute atomic E-state index is 0.213. The normalized spacial score (nSPS) is 17.5. The van der Waals surface area contributed by atoms with E-state index < -0.39 is 18.1 Å². The Bertz CT molecular complexity index is 938. The van der Waals surface area contributed by atoms with Gasteiger partial charge in [-0.2, -0.15) is 0 Å². The molecule has 26 heavy (non-hydrogen) atoms. The van der Waals surface area contributed by atoms with Gasteiger partial charge in [-0.15, -0.1) is 5.10 Å². The number of rotatable bonds is 5. The summed E-state index contributed by atoms with van der Waals surface area (Å²) >= 11 is 0. The number of hydrogen-bond donors (Lipinski definition) is 1. The molecule has 1 aliphatic heterocycles. The largest absolute Gasteiger partial charge is 0.411 e. The van der Waals surface area contributed by atoms with Gasteiger partial charge in [-0.25, -0.2) is 9.79 Å². The first-order valence-corrected chi connectivity index (χ1v) is 8.17. The fourth-order valence-corrected chi connectivity index (χ4v) is 2.81. The van der Waals surface area contributed by atoms with E-state index in [2.05, 4.69) is 20.5 Å². The SMILES string of the molecule is CC1=N[C@@H]([C@H](Nc2nnc(-c3ccccc3)o2)c2ccccc2)C(=O)O1. The molecule has 130 valence electrons. The van der Waals surface area contributed by atoms with Crippen molar-refractivity contribution in [3.8, 4) is 11.5 Å².